The van der Waals surface area contributed by atoms with Crippen molar-refractivity contribution in [1.82, 2.24) is 4.98 Å². The van der Waals surface area contributed by atoms with Crippen LogP contribution in [0.15, 0.2) is 30.3 Å². The number of para-hydroxylation sites is 1. The van der Waals surface area contributed by atoms with Crippen LogP contribution in [0.5, 0.6) is 0 Å². The maximum Gasteiger partial charge on any atom is 0.352 e. The number of hydrogen-bond donors (Lipinski definition) is 3. The highest BCUT2D eigenvalue weighted by molar-refractivity contribution is 6.01. The molecule has 0 aliphatic heterocycles. The number of hydrogen-bond acceptors (Lipinski definition) is 2. The summed E-state index contributed by atoms with van der Waals surface area (Å²) in [6.45, 7) is 0.0568. The molecule has 1 aromatic carbocycles. The van der Waals surface area contributed by atoms with Crippen molar-refractivity contribution in [3.63, 3.8) is 0 Å². The summed E-state index contributed by atoms with van der Waals surface area (Å²) in [6, 6.07) is 7.43. The molecule has 88 valence electrons. The lowest BCUT2D eigenvalue weighted by Crippen LogP contribution is -1.98. The van der Waals surface area contributed by atoms with E-state index in [2.05, 4.69) is 4.98 Å². The molecule has 0 saturated carbocycles. The van der Waals surface area contributed by atoms with Crippen molar-refractivity contribution in [3.8, 4) is 0 Å². The van der Waals surface area contributed by atoms with Gasteiger partial charge in [-0.25, -0.2) is 4.79 Å². The van der Waals surface area contributed by atoms with Crippen LogP contribution in [-0.4, -0.2) is 27.8 Å². The topological polar surface area (TPSA) is 73.3 Å². The number of aliphatic hydroxyl groups is 1. The van der Waals surface area contributed by atoms with Gasteiger partial charge in [0.25, 0.3) is 0 Å². The Morgan fingerprint density at radius 2 is 2.12 bits per heavy atom. The zero-order chi connectivity index (χ0) is 12.3. The van der Waals surface area contributed by atoms with Gasteiger partial charge in [0.05, 0.1) is 0 Å². The third-order valence-corrected chi connectivity index (χ3v) is 2.54. The predicted octanol–water partition coefficient (Wildman–Crippen LogP) is 2.26. The normalized spacial score (nSPS) is 11.4. The van der Waals surface area contributed by atoms with Gasteiger partial charge in [0, 0.05) is 23.1 Å². The van der Waals surface area contributed by atoms with E-state index in [-0.39, 0.29) is 12.3 Å². The summed E-state index contributed by atoms with van der Waals surface area (Å²) in [4.78, 5) is 14.0. The number of aliphatic hydroxyl groups excluding tert-OH is 1. The first kappa shape index (κ1) is 11.4. The van der Waals surface area contributed by atoms with Gasteiger partial charge >= 0.3 is 5.97 Å². The van der Waals surface area contributed by atoms with Crippen molar-refractivity contribution < 1.29 is 15.0 Å². The molecular formula is C13H13NO3. The molecule has 0 fully saturated rings. The van der Waals surface area contributed by atoms with Crippen LogP contribution < -0.4 is 0 Å². The number of carboxylic acids is 1. The summed E-state index contributed by atoms with van der Waals surface area (Å²) < 4.78 is 0. The lowest BCUT2D eigenvalue weighted by Gasteiger charge is -1.94. The first-order valence-corrected chi connectivity index (χ1v) is 5.35. The zero-order valence-corrected chi connectivity index (χ0v) is 9.18. The third-order valence-electron chi connectivity index (χ3n) is 2.54. The summed E-state index contributed by atoms with van der Waals surface area (Å²) >= 11 is 0. The minimum Gasteiger partial charge on any atom is -0.477 e. The highest BCUT2D eigenvalue weighted by Gasteiger charge is 2.14. The predicted molar refractivity (Wildman–Crippen MR) is 66.0 cm³/mol. The van der Waals surface area contributed by atoms with Gasteiger partial charge in [-0.1, -0.05) is 30.4 Å². The SMILES string of the molecule is O=C(O)c1[nH]c2ccccc2c1C=CCCO. The van der Waals surface area contributed by atoms with Gasteiger partial charge in [-0.15, -0.1) is 0 Å². The molecule has 0 unspecified atom stereocenters. The van der Waals surface area contributed by atoms with Crippen LogP contribution in [0, 0.1) is 0 Å². The average molecular weight is 231 g/mol. The Balaban J connectivity index is 2.56. The van der Waals surface area contributed by atoms with Crippen LogP contribution >= 0.6 is 0 Å². The van der Waals surface area contributed by atoms with Gasteiger partial charge in [-0.05, 0) is 12.5 Å². The molecule has 0 aliphatic rings. The van der Waals surface area contributed by atoms with Crippen molar-refractivity contribution in [2.75, 3.05) is 6.61 Å². The molecule has 1 aromatic heterocycles. The van der Waals surface area contributed by atoms with E-state index in [1.165, 1.54) is 0 Å². The molecule has 0 amide bonds. The molecule has 0 saturated heterocycles. The Labute approximate surface area is 98.2 Å². The number of fused-ring (bicyclic) bond motifs is 1. The van der Waals surface area contributed by atoms with Crippen LogP contribution in [-0.2, 0) is 0 Å². The van der Waals surface area contributed by atoms with Crippen molar-refractivity contribution in [1.29, 1.82) is 0 Å². The first-order chi connectivity index (χ1) is 8.24. The number of aromatic amines is 1. The monoisotopic (exact) mass is 231 g/mol. The highest BCUT2D eigenvalue weighted by Crippen LogP contribution is 2.23. The van der Waals surface area contributed by atoms with E-state index in [0.717, 1.165) is 10.9 Å². The second-order valence-corrected chi connectivity index (χ2v) is 3.68. The fourth-order valence-electron chi connectivity index (χ4n) is 1.78. The molecule has 17 heavy (non-hydrogen) atoms. The fraction of sp³-hybridized carbons (Fsp3) is 0.154. The number of aromatic nitrogens is 1. The summed E-state index contributed by atoms with van der Waals surface area (Å²) in [6.07, 6.45) is 4.01. The minimum atomic E-state index is -0.982. The van der Waals surface area contributed by atoms with Crippen LogP contribution in [0.3, 0.4) is 0 Å². The number of carbonyl (C=O) groups is 1. The highest BCUT2D eigenvalue weighted by atomic mass is 16.4. The Kier molecular flexibility index (Phi) is 3.25. The lowest BCUT2D eigenvalue weighted by molar-refractivity contribution is 0.0691. The third kappa shape index (κ3) is 2.21. The second kappa shape index (κ2) is 4.84. The van der Waals surface area contributed by atoms with Gasteiger partial charge in [-0.2, -0.15) is 0 Å². The largest absolute Gasteiger partial charge is 0.477 e. The average Bonchev–Trinajstić information content (AvgIpc) is 2.69. The molecule has 2 aromatic rings. The fourth-order valence-corrected chi connectivity index (χ4v) is 1.78. The molecule has 4 nitrogen and oxygen atoms in total. The van der Waals surface area contributed by atoms with Crippen LogP contribution in [0.4, 0.5) is 0 Å². The van der Waals surface area contributed by atoms with E-state index in [0.29, 0.717) is 12.0 Å². The minimum absolute atomic E-state index is 0.0568. The molecular weight excluding hydrogens is 218 g/mol. The Morgan fingerprint density at radius 1 is 1.35 bits per heavy atom. The Hall–Kier alpha value is -2.07. The summed E-state index contributed by atoms with van der Waals surface area (Å²) in [5.41, 5.74) is 1.63. The van der Waals surface area contributed by atoms with Gasteiger partial charge in [0.15, 0.2) is 0 Å². The Bertz CT molecular complexity index is 569. The van der Waals surface area contributed by atoms with Crippen LogP contribution in [0.1, 0.15) is 22.5 Å². The number of aromatic carboxylic acids is 1. The molecule has 0 atom stereocenters. The molecule has 0 aliphatic carbocycles. The maximum atomic E-state index is 11.1. The van der Waals surface area contributed by atoms with Gasteiger partial charge < -0.3 is 15.2 Å². The number of rotatable bonds is 4. The first-order valence-electron chi connectivity index (χ1n) is 5.35. The summed E-state index contributed by atoms with van der Waals surface area (Å²) in [5.74, 6) is -0.982. The summed E-state index contributed by atoms with van der Waals surface area (Å²) in [5, 5.41) is 18.7. The van der Waals surface area contributed by atoms with Crippen molar-refractivity contribution >= 4 is 22.9 Å². The lowest BCUT2D eigenvalue weighted by atomic mass is 10.1. The van der Waals surface area contributed by atoms with Crippen molar-refractivity contribution in [2.24, 2.45) is 0 Å². The smallest absolute Gasteiger partial charge is 0.352 e. The molecule has 0 radical (unpaired) electrons. The van der Waals surface area contributed by atoms with E-state index in [9.17, 15) is 4.79 Å². The van der Waals surface area contributed by atoms with Gasteiger partial charge in [0.1, 0.15) is 5.69 Å². The van der Waals surface area contributed by atoms with E-state index in [1.54, 1.807) is 12.2 Å². The van der Waals surface area contributed by atoms with E-state index < -0.39 is 5.97 Å². The molecule has 0 spiro atoms. The van der Waals surface area contributed by atoms with Gasteiger partial charge in [0.2, 0.25) is 0 Å². The number of H-pyrrole nitrogens is 1. The van der Waals surface area contributed by atoms with E-state index >= 15 is 0 Å². The molecule has 4 heteroatoms. The zero-order valence-electron chi connectivity index (χ0n) is 9.18. The molecule has 2 rings (SSSR count). The van der Waals surface area contributed by atoms with E-state index in [1.807, 2.05) is 24.3 Å². The number of nitrogens with one attached hydrogen (secondary N) is 1. The van der Waals surface area contributed by atoms with Crippen LogP contribution in [0.25, 0.3) is 17.0 Å². The molecule has 1 heterocycles. The van der Waals surface area contributed by atoms with Crippen molar-refractivity contribution in [3.05, 3.63) is 41.6 Å². The number of carboxylic acid groups (broad SMARTS) is 1. The van der Waals surface area contributed by atoms with E-state index in [4.69, 9.17) is 10.2 Å². The molecule has 3 N–H and O–H groups in total. The summed E-state index contributed by atoms with van der Waals surface area (Å²) in [7, 11) is 0. The van der Waals surface area contributed by atoms with Crippen molar-refractivity contribution in [2.45, 2.75) is 6.42 Å². The maximum absolute atomic E-state index is 11.1. The second-order valence-electron chi connectivity index (χ2n) is 3.68. The molecule has 0 bridgehead atoms. The Morgan fingerprint density at radius 3 is 2.82 bits per heavy atom. The van der Waals surface area contributed by atoms with Gasteiger partial charge in [-0.3, -0.25) is 0 Å². The number of benzene rings is 1. The quantitative estimate of drug-likeness (QED) is 0.755. The van der Waals surface area contributed by atoms with Crippen LogP contribution in [0.2, 0.25) is 0 Å². The standard InChI is InChI=1S/C13H13NO3/c15-8-4-3-6-10-9-5-1-2-7-11(9)14-12(10)13(16)17/h1-3,5-7,14-15H,4,8H2,(H,16,17).